The third-order valence-corrected chi connectivity index (χ3v) is 5.09. The highest BCUT2D eigenvalue weighted by atomic mass is 35.5. The van der Waals surface area contributed by atoms with E-state index >= 15 is 0 Å². The zero-order valence-corrected chi connectivity index (χ0v) is 16.8. The minimum Gasteiger partial charge on any atom is -0.477 e. The molecule has 0 spiro atoms. The largest absolute Gasteiger partial charge is 0.477 e. The molecule has 152 valence electrons. The second-order valence-electron chi connectivity index (χ2n) is 6.91. The summed E-state index contributed by atoms with van der Waals surface area (Å²) in [5, 5.41) is 20.2. The highest BCUT2D eigenvalue weighted by Gasteiger charge is 2.11. The van der Waals surface area contributed by atoms with Crippen LogP contribution in [0.2, 0.25) is 5.02 Å². The third kappa shape index (κ3) is 4.32. The Balaban J connectivity index is 1.78. The second kappa shape index (κ2) is 8.42. The van der Waals surface area contributed by atoms with Crippen molar-refractivity contribution < 1.29 is 14.3 Å². The maximum absolute atomic E-state index is 13.2. The predicted molar refractivity (Wildman–Crippen MR) is 117 cm³/mol. The minimum atomic E-state index is -1.13. The van der Waals surface area contributed by atoms with Crippen LogP contribution in [0.3, 0.4) is 0 Å². The lowest BCUT2D eigenvalue weighted by Crippen LogP contribution is -1.99. The number of nitrogens with zero attached hydrogens (tertiary/aromatic N) is 3. The van der Waals surface area contributed by atoms with Crippen LogP contribution < -0.4 is 0 Å². The first kappa shape index (κ1) is 20.3. The van der Waals surface area contributed by atoms with E-state index < -0.39 is 5.97 Å². The lowest BCUT2D eigenvalue weighted by atomic mass is 10.0. The highest BCUT2D eigenvalue weighted by molar-refractivity contribution is 6.31. The van der Waals surface area contributed by atoms with Crippen LogP contribution in [0.15, 0.2) is 67.0 Å². The zero-order chi connectivity index (χ0) is 22.0. The molecule has 7 heteroatoms. The number of rotatable bonds is 5. The molecule has 0 saturated heterocycles. The fraction of sp³-hybridized carbons (Fsp3) is 0.0417. The number of halogens is 2. The number of aromatic carboxylic acids is 1. The van der Waals surface area contributed by atoms with Crippen molar-refractivity contribution in [2.45, 2.75) is 6.54 Å². The SMILES string of the molecule is N#CC(=Cc1cn(Cc2ccc(F)cc2)c2cc(Cl)ccc12)c1ccc(C(=O)O)nc1. The molecular formula is C24H15ClFN3O2. The van der Waals surface area contributed by atoms with E-state index in [1.165, 1.54) is 24.4 Å². The van der Waals surface area contributed by atoms with E-state index in [4.69, 9.17) is 16.7 Å². The van der Waals surface area contributed by atoms with Crippen LogP contribution in [0, 0.1) is 17.1 Å². The summed E-state index contributed by atoms with van der Waals surface area (Å²) in [5.41, 5.74) is 3.36. The third-order valence-electron chi connectivity index (χ3n) is 4.86. The van der Waals surface area contributed by atoms with Gasteiger partial charge in [-0.25, -0.2) is 14.2 Å². The van der Waals surface area contributed by atoms with Crippen molar-refractivity contribution in [2.75, 3.05) is 0 Å². The molecule has 2 aromatic carbocycles. The number of carbonyl (C=O) groups is 1. The van der Waals surface area contributed by atoms with E-state index in [1.807, 2.05) is 22.9 Å². The first-order valence-corrected chi connectivity index (χ1v) is 9.67. The standard InChI is InChI=1S/C24H15ClFN3O2/c25-19-4-7-21-18(9-17(11-27)16-3-8-22(24(30)31)28-12-16)14-29(23(21)10-19)13-15-1-5-20(26)6-2-15/h1-10,12,14H,13H2,(H,30,31). The summed E-state index contributed by atoms with van der Waals surface area (Å²) in [7, 11) is 0. The van der Waals surface area contributed by atoms with Gasteiger partial charge in [0.15, 0.2) is 0 Å². The lowest BCUT2D eigenvalue weighted by molar-refractivity contribution is 0.0690. The number of aromatic nitrogens is 2. The van der Waals surface area contributed by atoms with Crippen LogP contribution in [-0.4, -0.2) is 20.6 Å². The van der Waals surface area contributed by atoms with Gasteiger partial charge >= 0.3 is 5.97 Å². The molecule has 0 aliphatic rings. The van der Waals surface area contributed by atoms with E-state index in [-0.39, 0.29) is 11.5 Å². The van der Waals surface area contributed by atoms with Crippen molar-refractivity contribution in [2.24, 2.45) is 0 Å². The van der Waals surface area contributed by atoms with E-state index in [2.05, 4.69) is 11.1 Å². The second-order valence-corrected chi connectivity index (χ2v) is 7.34. The van der Waals surface area contributed by atoms with Gasteiger partial charge in [0.2, 0.25) is 0 Å². The molecule has 0 bridgehead atoms. The minimum absolute atomic E-state index is 0.0911. The quantitative estimate of drug-likeness (QED) is 0.415. The van der Waals surface area contributed by atoms with Gasteiger partial charge in [-0.1, -0.05) is 29.8 Å². The summed E-state index contributed by atoms with van der Waals surface area (Å²) >= 11 is 6.21. The molecule has 1 N–H and O–H groups in total. The summed E-state index contributed by atoms with van der Waals surface area (Å²) in [4.78, 5) is 14.9. The Morgan fingerprint density at radius 1 is 1.19 bits per heavy atom. The monoisotopic (exact) mass is 431 g/mol. The molecule has 0 radical (unpaired) electrons. The summed E-state index contributed by atoms with van der Waals surface area (Å²) in [6, 6.07) is 16.8. The number of hydrogen-bond acceptors (Lipinski definition) is 3. The molecule has 31 heavy (non-hydrogen) atoms. The maximum Gasteiger partial charge on any atom is 0.354 e. The van der Waals surface area contributed by atoms with Crippen molar-refractivity contribution in [3.05, 3.63) is 100 Å². The Morgan fingerprint density at radius 3 is 2.61 bits per heavy atom. The molecule has 2 aromatic heterocycles. The molecule has 4 rings (SSSR count). The summed E-state index contributed by atoms with van der Waals surface area (Å²) in [5.74, 6) is -1.43. The van der Waals surface area contributed by atoms with Crippen molar-refractivity contribution >= 4 is 40.1 Å². The zero-order valence-electron chi connectivity index (χ0n) is 16.1. The topological polar surface area (TPSA) is 78.9 Å². The van der Waals surface area contributed by atoms with E-state index in [0.29, 0.717) is 22.7 Å². The van der Waals surface area contributed by atoms with E-state index in [1.54, 1.807) is 30.3 Å². The number of benzene rings is 2. The van der Waals surface area contributed by atoms with Gasteiger partial charge in [0.05, 0.1) is 17.2 Å². The summed E-state index contributed by atoms with van der Waals surface area (Å²) in [6.07, 6.45) is 5.00. The lowest BCUT2D eigenvalue weighted by Gasteiger charge is -2.06. The highest BCUT2D eigenvalue weighted by Crippen LogP contribution is 2.29. The van der Waals surface area contributed by atoms with Gasteiger partial charge < -0.3 is 9.67 Å². The molecular weight excluding hydrogens is 417 g/mol. The molecule has 0 fully saturated rings. The molecule has 0 unspecified atom stereocenters. The molecule has 0 amide bonds. The maximum atomic E-state index is 13.2. The van der Waals surface area contributed by atoms with Crippen LogP contribution in [0.25, 0.3) is 22.6 Å². The average molecular weight is 432 g/mol. The number of allylic oxidation sites excluding steroid dienone is 1. The van der Waals surface area contributed by atoms with E-state index in [9.17, 15) is 14.4 Å². The first-order chi connectivity index (χ1) is 14.9. The Bertz CT molecular complexity index is 1350. The van der Waals surface area contributed by atoms with Gasteiger partial charge in [-0.05, 0) is 48.0 Å². The summed E-state index contributed by atoms with van der Waals surface area (Å²) < 4.78 is 15.2. The number of nitriles is 1. The van der Waals surface area contributed by atoms with Gasteiger partial charge in [0, 0.05) is 40.5 Å². The summed E-state index contributed by atoms with van der Waals surface area (Å²) in [6.45, 7) is 0.502. The molecule has 2 heterocycles. The van der Waals surface area contributed by atoms with Crippen LogP contribution in [0.4, 0.5) is 4.39 Å². The van der Waals surface area contributed by atoms with Gasteiger partial charge in [-0.2, -0.15) is 5.26 Å². The van der Waals surface area contributed by atoms with Crippen LogP contribution in [0.5, 0.6) is 0 Å². The van der Waals surface area contributed by atoms with Gasteiger partial charge in [-0.15, -0.1) is 0 Å². The molecule has 0 aliphatic heterocycles. The molecule has 4 aromatic rings. The van der Waals surface area contributed by atoms with Crippen LogP contribution in [-0.2, 0) is 6.54 Å². The fourth-order valence-electron chi connectivity index (χ4n) is 3.34. The molecule has 5 nitrogen and oxygen atoms in total. The molecule has 0 aliphatic carbocycles. The number of carboxylic acids is 1. The van der Waals surface area contributed by atoms with Crippen molar-refractivity contribution in [3.8, 4) is 6.07 Å². The fourth-order valence-corrected chi connectivity index (χ4v) is 3.51. The normalized spacial score (nSPS) is 11.5. The van der Waals surface area contributed by atoms with Crippen molar-refractivity contribution in [1.82, 2.24) is 9.55 Å². The Morgan fingerprint density at radius 2 is 1.97 bits per heavy atom. The van der Waals surface area contributed by atoms with Gasteiger partial charge in [0.25, 0.3) is 0 Å². The van der Waals surface area contributed by atoms with E-state index in [0.717, 1.165) is 22.0 Å². The van der Waals surface area contributed by atoms with Crippen molar-refractivity contribution in [3.63, 3.8) is 0 Å². The number of carboxylic acid groups (broad SMARTS) is 1. The number of fused-ring (bicyclic) bond motifs is 1. The Hall–Kier alpha value is -3.95. The van der Waals surface area contributed by atoms with Gasteiger partial charge in [-0.3, -0.25) is 0 Å². The predicted octanol–water partition coefficient (Wildman–Crippen LogP) is 5.64. The Kier molecular flexibility index (Phi) is 5.52. The molecule has 0 atom stereocenters. The molecule has 0 saturated carbocycles. The van der Waals surface area contributed by atoms with Crippen molar-refractivity contribution in [1.29, 1.82) is 5.26 Å². The number of pyridine rings is 1. The van der Waals surface area contributed by atoms with Crippen LogP contribution >= 0.6 is 11.6 Å². The van der Waals surface area contributed by atoms with Crippen LogP contribution in [0.1, 0.15) is 27.2 Å². The number of hydrogen-bond donors (Lipinski definition) is 1. The smallest absolute Gasteiger partial charge is 0.354 e. The Labute approximate surface area is 182 Å². The average Bonchev–Trinajstić information content (AvgIpc) is 3.09. The van der Waals surface area contributed by atoms with Gasteiger partial charge in [0.1, 0.15) is 11.5 Å². The first-order valence-electron chi connectivity index (χ1n) is 9.29.